The third kappa shape index (κ3) is 4.00. The molecule has 0 radical (unpaired) electrons. The highest BCUT2D eigenvalue weighted by Gasteiger charge is 2.30. The minimum Gasteiger partial charge on any atom is -0.494 e. The second kappa shape index (κ2) is 6.35. The standard InChI is InChI=1S/C13H18FNO3/c1-2-13(15,12(16)17)8-3-9-18-11-6-4-10(14)5-7-11/h4-7H,2-3,8-9,15H2,1H3,(H,16,17). The molecule has 0 saturated heterocycles. The second-order valence-electron chi connectivity index (χ2n) is 4.22. The van der Waals surface area contributed by atoms with Crippen molar-refractivity contribution in [2.24, 2.45) is 5.73 Å². The van der Waals surface area contributed by atoms with E-state index in [1.807, 2.05) is 0 Å². The number of aliphatic carboxylic acids is 1. The summed E-state index contributed by atoms with van der Waals surface area (Å²) in [7, 11) is 0. The SMILES string of the molecule is CCC(N)(CCCOc1ccc(F)cc1)C(=O)O. The summed E-state index contributed by atoms with van der Waals surface area (Å²) < 4.78 is 18.0. The van der Waals surface area contributed by atoms with Crippen LogP contribution in [0.2, 0.25) is 0 Å². The zero-order valence-electron chi connectivity index (χ0n) is 10.4. The lowest BCUT2D eigenvalue weighted by Crippen LogP contribution is -2.47. The molecule has 0 aliphatic rings. The van der Waals surface area contributed by atoms with Gasteiger partial charge in [0.15, 0.2) is 0 Å². The number of carboxylic acids is 1. The van der Waals surface area contributed by atoms with Gasteiger partial charge in [-0.1, -0.05) is 6.92 Å². The number of hydrogen-bond acceptors (Lipinski definition) is 3. The molecule has 0 aliphatic heterocycles. The molecule has 0 aliphatic carbocycles. The molecule has 0 saturated carbocycles. The van der Waals surface area contributed by atoms with E-state index in [-0.39, 0.29) is 5.82 Å². The highest BCUT2D eigenvalue weighted by molar-refractivity contribution is 5.78. The van der Waals surface area contributed by atoms with Gasteiger partial charge >= 0.3 is 5.97 Å². The molecule has 1 atom stereocenters. The third-order valence-corrected chi connectivity index (χ3v) is 2.91. The lowest BCUT2D eigenvalue weighted by Gasteiger charge is -2.22. The van der Waals surface area contributed by atoms with Crippen molar-refractivity contribution in [3.8, 4) is 5.75 Å². The van der Waals surface area contributed by atoms with E-state index in [4.69, 9.17) is 15.6 Å². The van der Waals surface area contributed by atoms with Crippen LogP contribution < -0.4 is 10.5 Å². The van der Waals surface area contributed by atoms with Crippen LogP contribution in [0.1, 0.15) is 26.2 Å². The average Bonchev–Trinajstić information content (AvgIpc) is 2.36. The Morgan fingerprint density at radius 3 is 2.56 bits per heavy atom. The van der Waals surface area contributed by atoms with Gasteiger partial charge in [-0.25, -0.2) is 4.39 Å². The van der Waals surface area contributed by atoms with E-state index in [2.05, 4.69) is 0 Å². The van der Waals surface area contributed by atoms with Gasteiger partial charge in [0, 0.05) is 0 Å². The quantitative estimate of drug-likeness (QED) is 0.732. The van der Waals surface area contributed by atoms with Crippen molar-refractivity contribution in [1.82, 2.24) is 0 Å². The zero-order valence-corrected chi connectivity index (χ0v) is 10.4. The van der Waals surface area contributed by atoms with Gasteiger partial charge in [-0.15, -0.1) is 0 Å². The first-order valence-electron chi connectivity index (χ1n) is 5.88. The van der Waals surface area contributed by atoms with Gasteiger partial charge in [0.25, 0.3) is 0 Å². The Morgan fingerprint density at radius 2 is 2.06 bits per heavy atom. The molecular formula is C13H18FNO3. The minimum atomic E-state index is -1.19. The summed E-state index contributed by atoms with van der Waals surface area (Å²) in [6.45, 7) is 2.10. The summed E-state index contributed by atoms with van der Waals surface area (Å²) in [5.74, 6) is -0.752. The first-order chi connectivity index (χ1) is 8.48. The Balaban J connectivity index is 2.34. The summed E-state index contributed by atoms with van der Waals surface area (Å²) in [4.78, 5) is 10.9. The monoisotopic (exact) mass is 255 g/mol. The Kier molecular flexibility index (Phi) is 5.09. The number of hydrogen-bond donors (Lipinski definition) is 2. The number of carboxylic acid groups (broad SMARTS) is 1. The number of nitrogens with two attached hydrogens (primary N) is 1. The number of ether oxygens (including phenoxy) is 1. The molecule has 100 valence electrons. The summed E-state index contributed by atoms with van der Waals surface area (Å²) in [6, 6.07) is 5.68. The van der Waals surface area contributed by atoms with Crippen LogP contribution in [-0.4, -0.2) is 23.2 Å². The van der Waals surface area contributed by atoms with Crippen LogP contribution >= 0.6 is 0 Å². The van der Waals surface area contributed by atoms with Crippen molar-refractivity contribution >= 4 is 5.97 Å². The smallest absolute Gasteiger partial charge is 0.323 e. The van der Waals surface area contributed by atoms with Crippen LogP contribution in [0.4, 0.5) is 4.39 Å². The van der Waals surface area contributed by atoms with Crippen LogP contribution in [0, 0.1) is 5.82 Å². The molecule has 0 bridgehead atoms. The Hall–Kier alpha value is -1.62. The van der Waals surface area contributed by atoms with E-state index in [0.29, 0.717) is 31.6 Å². The normalized spacial score (nSPS) is 13.9. The maximum Gasteiger partial charge on any atom is 0.323 e. The van der Waals surface area contributed by atoms with E-state index in [0.717, 1.165) is 0 Å². The van der Waals surface area contributed by atoms with Crippen LogP contribution in [0.3, 0.4) is 0 Å². The van der Waals surface area contributed by atoms with E-state index in [1.54, 1.807) is 6.92 Å². The van der Waals surface area contributed by atoms with Gasteiger partial charge in [-0.3, -0.25) is 4.79 Å². The van der Waals surface area contributed by atoms with Crippen molar-refractivity contribution in [2.45, 2.75) is 31.7 Å². The zero-order chi connectivity index (χ0) is 13.6. The summed E-state index contributed by atoms with van der Waals surface area (Å²) in [6.07, 6.45) is 1.26. The fraction of sp³-hybridized carbons (Fsp3) is 0.462. The van der Waals surface area contributed by atoms with Gasteiger partial charge < -0.3 is 15.6 Å². The maximum absolute atomic E-state index is 12.6. The van der Waals surface area contributed by atoms with Crippen molar-refractivity contribution in [2.75, 3.05) is 6.61 Å². The number of rotatable bonds is 7. The van der Waals surface area contributed by atoms with Gasteiger partial charge in [-0.2, -0.15) is 0 Å². The average molecular weight is 255 g/mol. The van der Waals surface area contributed by atoms with Crippen LogP contribution in [0.25, 0.3) is 0 Å². The molecule has 1 unspecified atom stereocenters. The number of carbonyl (C=O) groups is 1. The van der Waals surface area contributed by atoms with Crippen molar-refractivity contribution in [3.05, 3.63) is 30.1 Å². The molecule has 5 heteroatoms. The fourth-order valence-corrected chi connectivity index (χ4v) is 1.54. The molecule has 3 N–H and O–H groups in total. The molecule has 1 aromatic rings. The van der Waals surface area contributed by atoms with Gasteiger partial charge in [0.05, 0.1) is 6.61 Å². The van der Waals surface area contributed by atoms with Crippen molar-refractivity contribution < 1.29 is 19.0 Å². The number of benzene rings is 1. The van der Waals surface area contributed by atoms with E-state index >= 15 is 0 Å². The molecule has 0 amide bonds. The van der Waals surface area contributed by atoms with Crippen molar-refractivity contribution in [3.63, 3.8) is 0 Å². The minimum absolute atomic E-state index is 0.319. The molecule has 0 fully saturated rings. The predicted octanol–water partition coefficient (Wildman–Crippen LogP) is 2.18. The third-order valence-electron chi connectivity index (χ3n) is 2.91. The highest BCUT2D eigenvalue weighted by Crippen LogP contribution is 2.16. The van der Waals surface area contributed by atoms with Crippen LogP contribution in [-0.2, 0) is 4.79 Å². The highest BCUT2D eigenvalue weighted by atomic mass is 19.1. The lowest BCUT2D eigenvalue weighted by molar-refractivity contribution is -0.143. The Labute approximate surface area is 106 Å². The Bertz CT molecular complexity index is 394. The maximum atomic E-state index is 12.6. The largest absolute Gasteiger partial charge is 0.494 e. The van der Waals surface area contributed by atoms with Crippen LogP contribution in [0.5, 0.6) is 5.75 Å². The summed E-state index contributed by atoms with van der Waals surface area (Å²) >= 11 is 0. The van der Waals surface area contributed by atoms with E-state index in [9.17, 15) is 9.18 Å². The molecule has 0 heterocycles. The second-order valence-corrected chi connectivity index (χ2v) is 4.22. The molecule has 4 nitrogen and oxygen atoms in total. The molecule has 1 aromatic carbocycles. The molecule has 1 rings (SSSR count). The summed E-state index contributed by atoms with van der Waals surface area (Å²) in [5, 5.41) is 8.97. The summed E-state index contributed by atoms with van der Waals surface area (Å²) in [5.41, 5.74) is 4.55. The lowest BCUT2D eigenvalue weighted by atomic mass is 9.92. The predicted molar refractivity (Wildman–Crippen MR) is 66.0 cm³/mol. The first-order valence-corrected chi connectivity index (χ1v) is 5.88. The van der Waals surface area contributed by atoms with Crippen LogP contribution in [0.15, 0.2) is 24.3 Å². The molecule has 18 heavy (non-hydrogen) atoms. The topological polar surface area (TPSA) is 72.5 Å². The van der Waals surface area contributed by atoms with E-state index < -0.39 is 11.5 Å². The fourth-order valence-electron chi connectivity index (χ4n) is 1.54. The molecular weight excluding hydrogens is 237 g/mol. The van der Waals surface area contributed by atoms with E-state index in [1.165, 1.54) is 24.3 Å². The van der Waals surface area contributed by atoms with Gasteiger partial charge in [0.2, 0.25) is 0 Å². The number of halogens is 1. The molecule has 0 aromatic heterocycles. The Morgan fingerprint density at radius 1 is 1.44 bits per heavy atom. The van der Waals surface area contributed by atoms with Gasteiger partial charge in [-0.05, 0) is 43.5 Å². The first kappa shape index (κ1) is 14.4. The molecule has 0 spiro atoms. The van der Waals surface area contributed by atoms with Crippen molar-refractivity contribution in [1.29, 1.82) is 0 Å². The van der Waals surface area contributed by atoms with Gasteiger partial charge in [0.1, 0.15) is 17.1 Å².